The second kappa shape index (κ2) is 4.67. The summed E-state index contributed by atoms with van der Waals surface area (Å²) in [7, 11) is 3.82. The summed E-state index contributed by atoms with van der Waals surface area (Å²) in [4.78, 5) is 2.56. The van der Waals surface area contributed by atoms with Gasteiger partial charge < -0.3 is 4.74 Å². The number of hydrogen-bond acceptors (Lipinski definition) is 3. The predicted molar refractivity (Wildman–Crippen MR) is 70.2 cm³/mol. The number of piperidine rings is 1. The molecule has 2 heterocycles. The van der Waals surface area contributed by atoms with E-state index >= 15 is 0 Å². The molecule has 0 amide bonds. The van der Waals surface area contributed by atoms with E-state index in [1.807, 2.05) is 25.0 Å². The zero-order chi connectivity index (χ0) is 12.6. The third-order valence-electron chi connectivity index (χ3n) is 4.74. The molecule has 0 unspecified atom stereocenters. The van der Waals surface area contributed by atoms with Gasteiger partial charge in [0.25, 0.3) is 0 Å². The maximum absolute atomic E-state index is 5.41. The van der Waals surface area contributed by atoms with E-state index in [0.717, 1.165) is 6.54 Å². The molecule has 100 valence electrons. The fraction of sp³-hybridized carbons (Fsp3) is 0.786. The molecule has 2 fully saturated rings. The summed E-state index contributed by atoms with van der Waals surface area (Å²) in [6.07, 6.45) is 9.88. The first-order valence-electron chi connectivity index (χ1n) is 6.92. The van der Waals surface area contributed by atoms with Gasteiger partial charge in [0.1, 0.15) is 0 Å². The summed E-state index contributed by atoms with van der Waals surface area (Å²) in [6, 6.07) is 0. The van der Waals surface area contributed by atoms with Crippen LogP contribution in [-0.4, -0.2) is 41.0 Å². The maximum Gasteiger partial charge on any atom is 0.0582 e. The van der Waals surface area contributed by atoms with Crippen molar-refractivity contribution < 1.29 is 4.74 Å². The molecule has 0 N–H and O–H groups in total. The average molecular weight is 249 g/mol. The minimum absolute atomic E-state index is 0.537. The summed E-state index contributed by atoms with van der Waals surface area (Å²) < 4.78 is 7.30. The third-order valence-corrected chi connectivity index (χ3v) is 4.74. The highest BCUT2D eigenvalue weighted by atomic mass is 16.5. The van der Waals surface area contributed by atoms with Gasteiger partial charge in [-0.3, -0.25) is 9.58 Å². The largest absolute Gasteiger partial charge is 0.381 e. The van der Waals surface area contributed by atoms with E-state index in [-0.39, 0.29) is 0 Å². The molecule has 1 spiro atoms. The molecule has 1 aromatic heterocycles. The van der Waals surface area contributed by atoms with Gasteiger partial charge in [0.2, 0.25) is 0 Å². The van der Waals surface area contributed by atoms with Gasteiger partial charge in [0.15, 0.2) is 0 Å². The lowest BCUT2D eigenvalue weighted by Gasteiger charge is -2.51. The Morgan fingerprint density at radius 3 is 2.67 bits per heavy atom. The Kier molecular flexibility index (Phi) is 3.16. The van der Waals surface area contributed by atoms with Gasteiger partial charge in [-0.15, -0.1) is 0 Å². The molecule has 1 aliphatic carbocycles. The molecule has 0 aromatic carbocycles. The van der Waals surface area contributed by atoms with Gasteiger partial charge in [-0.2, -0.15) is 5.10 Å². The highest BCUT2D eigenvalue weighted by molar-refractivity contribution is 5.05. The molecule has 18 heavy (non-hydrogen) atoms. The minimum Gasteiger partial charge on any atom is -0.381 e. The molecule has 4 nitrogen and oxygen atoms in total. The van der Waals surface area contributed by atoms with Crippen molar-refractivity contribution in [1.82, 2.24) is 14.7 Å². The Morgan fingerprint density at radius 2 is 2.11 bits per heavy atom. The Morgan fingerprint density at radius 1 is 1.39 bits per heavy atom. The normalized spacial score (nSPS) is 24.3. The Balaban J connectivity index is 1.49. The smallest absolute Gasteiger partial charge is 0.0582 e. The van der Waals surface area contributed by atoms with E-state index in [4.69, 9.17) is 4.74 Å². The van der Waals surface area contributed by atoms with Crippen LogP contribution in [0.5, 0.6) is 0 Å². The van der Waals surface area contributed by atoms with Crippen LogP contribution in [0.4, 0.5) is 0 Å². The predicted octanol–water partition coefficient (Wildman–Crippen LogP) is 1.81. The van der Waals surface area contributed by atoms with Crippen molar-refractivity contribution in [2.75, 3.05) is 20.2 Å². The molecule has 0 radical (unpaired) electrons. The van der Waals surface area contributed by atoms with Crippen LogP contribution in [0.1, 0.15) is 31.2 Å². The standard InChI is InChI=1S/C14H23N3O/c1-16-10-12(9-15-16)11-17-5-3-14(4-6-17)7-13(8-14)18-2/h9-10,13H,3-8,11H2,1-2H3. The Labute approximate surface area is 109 Å². The quantitative estimate of drug-likeness (QED) is 0.818. The molecule has 0 bridgehead atoms. The molecule has 4 heteroatoms. The van der Waals surface area contributed by atoms with Crippen molar-refractivity contribution in [2.24, 2.45) is 12.5 Å². The number of aryl methyl sites for hydroxylation is 1. The van der Waals surface area contributed by atoms with Crippen LogP contribution in [0, 0.1) is 5.41 Å². The zero-order valence-electron chi connectivity index (χ0n) is 11.4. The van der Waals surface area contributed by atoms with E-state index in [9.17, 15) is 0 Å². The maximum atomic E-state index is 5.41. The van der Waals surface area contributed by atoms with E-state index in [0.29, 0.717) is 11.5 Å². The molecule has 3 rings (SSSR count). The summed E-state index contributed by atoms with van der Waals surface area (Å²) in [5.74, 6) is 0. The van der Waals surface area contributed by atoms with Crippen LogP contribution in [0.25, 0.3) is 0 Å². The summed E-state index contributed by atoms with van der Waals surface area (Å²) in [5, 5.41) is 4.23. The molecular weight excluding hydrogens is 226 g/mol. The molecule has 2 aliphatic rings. The number of ether oxygens (including phenoxy) is 1. The molecule has 1 aromatic rings. The second-order valence-electron chi connectivity index (χ2n) is 6.06. The van der Waals surface area contributed by atoms with Gasteiger partial charge in [-0.05, 0) is 44.2 Å². The van der Waals surface area contributed by atoms with Gasteiger partial charge in [0.05, 0.1) is 12.3 Å². The first-order valence-corrected chi connectivity index (χ1v) is 6.92. The SMILES string of the molecule is COC1CC2(CCN(Cc3cnn(C)c3)CC2)C1. The summed E-state index contributed by atoms with van der Waals surface area (Å²) in [6.45, 7) is 3.51. The van der Waals surface area contributed by atoms with Crippen LogP contribution >= 0.6 is 0 Å². The van der Waals surface area contributed by atoms with Gasteiger partial charge >= 0.3 is 0 Å². The van der Waals surface area contributed by atoms with Gasteiger partial charge in [-0.1, -0.05) is 0 Å². The number of methoxy groups -OCH3 is 1. The van der Waals surface area contributed by atoms with E-state index in [2.05, 4.69) is 16.2 Å². The first-order chi connectivity index (χ1) is 8.69. The molecule has 1 saturated heterocycles. The lowest BCUT2D eigenvalue weighted by Crippen LogP contribution is -2.49. The van der Waals surface area contributed by atoms with Crippen molar-refractivity contribution in [2.45, 2.75) is 38.3 Å². The average Bonchev–Trinajstić information content (AvgIpc) is 2.73. The highest BCUT2D eigenvalue weighted by Crippen LogP contribution is 2.50. The van der Waals surface area contributed by atoms with Crippen molar-refractivity contribution in [3.05, 3.63) is 18.0 Å². The third kappa shape index (κ3) is 2.31. The first kappa shape index (κ1) is 12.2. The number of likely N-dealkylation sites (tertiary alicyclic amines) is 1. The zero-order valence-corrected chi connectivity index (χ0v) is 11.4. The fourth-order valence-corrected chi connectivity index (χ4v) is 3.48. The molecular formula is C14H23N3O. The monoisotopic (exact) mass is 249 g/mol. The van der Waals surface area contributed by atoms with Crippen LogP contribution in [-0.2, 0) is 18.3 Å². The van der Waals surface area contributed by atoms with Crippen molar-refractivity contribution >= 4 is 0 Å². The number of rotatable bonds is 3. The second-order valence-corrected chi connectivity index (χ2v) is 6.06. The lowest BCUT2D eigenvalue weighted by molar-refractivity contribution is -0.0885. The lowest BCUT2D eigenvalue weighted by atomic mass is 9.61. The van der Waals surface area contributed by atoms with Crippen molar-refractivity contribution in [3.8, 4) is 0 Å². The number of nitrogens with zero attached hydrogens (tertiary/aromatic N) is 3. The Bertz CT molecular complexity index is 399. The van der Waals surface area contributed by atoms with Crippen molar-refractivity contribution in [3.63, 3.8) is 0 Å². The molecule has 0 atom stereocenters. The fourth-order valence-electron chi connectivity index (χ4n) is 3.48. The van der Waals surface area contributed by atoms with Gasteiger partial charge in [0, 0.05) is 32.5 Å². The van der Waals surface area contributed by atoms with Gasteiger partial charge in [-0.25, -0.2) is 0 Å². The van der Waals surface area contributed by atoms with Crippen LogP contribution in [0.2, 0.25) is 0 Å². The minimum atomic E-state index is 0.537. The van der Waals surface area contributed by atoms with Crippen LogP contribution < -0.4 is 0 Å². The molecule has 1 aliphatic heterocycles. The van der Waals surface area contributed by atoms with E-state index < -0.39 is 0 Å². The van der Waals surface area contributed by atoms with E-state index in [1.165, 1.54) is 44.3 Å². The van der Waals surface area contributed by atoms with Crippen LogP contribution in [0.15, 0.2) is 12.4 Å². The van der Waals surface area contributed by atoms with Crippen LogP contribution in [0.3, 0.4) is 0 Å². The highest BCUT2D eigenvalue weighted by Gasteiger charge is 2.45. The Hall–Kier alpha value is -0.870. The molecule has 1 saturated carbocycles. The summed E-state index contributed by atoms with van der Waals surface area (Å²) >= 11 is 0. The number of aromatic nitrogens is 2. The number of hydrogen-bond donors (Lipinski definition) is 0. The topological polar surface area (TPSA) is 30.3 Å². The summed E-state index contributed by atoms with van der Waals surface area (Å²) in [5.41, 5.74) is 1.95. The van der Waals surface area contributed by atoms with Crippen molar-refractivity contribution in [1.29, 1.82) is 0 Å². The van der Waals surface area contributed by atoms with E-state index in [1.54, 1.807) is 0 Å².